The van der Waals surface area contributed by atoms with Crippen LogP contribution in [0.25, 0.3) is 5.70 Å². The maximum absolute atomic E-state index is 12.9. The topological polar surface area (TPSA) is 3.24 Å². The average molecular weight is 353 g/mol. The normalized spacial score (nSPS) is 14.8. The van der Waals surface area contributed by atoms with Gasteiger partial charge in [-0.2, -0.15) is 12.2 Å². The molecule has 1 aliphatic heterocycles. The van der Waals surface area contributed by atoms with Crippen molar-refractivity contribution in [2.24, 2.45) is 0 Å². The number of hydrogen-bond donors (Lipinski definition) is 0. The van der Waals surface area contributed by atoms with Gasteiger partial charge in [0.25, 0.3) is 6.43 Å². The van der Waals surface area contributed by atoms with Gasteiger partial charge in [-0.15, -0.1) is 17.7 Å². The summed E-state index contributed by atoms with van der Waals surface area (Å²) >= 11 is 0. The molecule has 0 unspecified atom stereocenters. The van der Waals surface area contributed by atoms with Gasteiger partial charge in [-0.05, 0) is 17.8 Å². The van der Waals surface area contributed by atoms with Crippen LogP contribution in [0.3, 0.4) is 0 Å². The summed E-state index contributed by atoms with van der Waals surface area (Å²) < 4.78 is 38.2. The first-order valence-electron chi connectivity index (χ1n) is 5.80. The zero-order chi connectivity index (χ0) is 14.0. The van der Waals surface area contributed by atoms with Crippen LogP contribution in [0, 0.1) is 11.9 Å². The molecule has 0 amide bonds. The van der Waals surface area contributed by atoms with E-state index >= 15 is 0 Å². The number of nitrogens with zero attached hydrogens (tertiary/aromatic N) is 1. The fraction of sp³-hybridized carbons (Fsp3) is 0.200. The predicted molar refractivity (Wildman–Crippen MR) is 68.7 cm³/mol. The molecule has 1 aliphatic rings. The summed E-state index contributed by atoms with van der Waals surface area (Å²) in [5.41, 5.74) is 2.41. The third kappa shape index (κ3) is 3.83. The summed E-state index contributed by atoms with van der Waals surface area (Å²) in [6.45, 7) is 5.14. The summed E-state index contributed by atoms with van der Waals surface area (Å²) in [6, 6.07) is 5.66. The second-order valence-electron chi connectivity index (χ2n) is 4.28. The quantitative estimate of drug-likeness (QED) is 0.743. The van der Waals surface area contributed by atoms with Crippen LogP contribution >= 0.6 is 0 Å². The average Bonchev–Trinajstić information content (AvgIpc) is 2.36. The maximum atomic E-state index is 12.9. The third-order valence-corrected chi connectivity index (χ3v) is 2.91. The van der Waals surface area contributed by atoms with Gasteiger partial charge in [-0.3, -0.25) is 0 Å². The van der Waals surface area contributed by atoms with Crippen LogP contribution in [-0.4, -0.2) is 17.9 Å². The molecule has 20 heavy (non-hydrogen) atoms. The second kappa shape index (κ2) is 7.23. The summed E-state index contributed by atoms with van der Waals surface area (Å²) in [5.74, 6) is -0.369. The molecule has 0 N–H and O–H groups in total. The summed E-state index contributed by atoms with van der Waals surface area (Å²) in [5, 5.41) is 0. The molecule has 0 spiro atoms. The molecule has 2 rings (SSSR count). The first kappa shape index (κ1) is 17.2. The van der Waals surface area contributed by atoms with E-state index in [2.05, 4.69) is 12.7 Å². The molecular weight excluding hydrogens is 340 g/mol. The molecule has 0 saturated carbocycles. The van der Waals surface area contributed by atoms with Crippen molar-refractivity contribution in [1.82, 2.24) is 4.90 Å². The van der Waals surface area contributed by atoms with Gasteiger partial charge in [0.2, 0.25) is 0 Å². The zero-order valence-electron chi connectivity index (χ0n) is 11.0. The molecule has 0 aromatic heterocycles. The van der Waals surface area contributed by atoms with E-state index in [1.165, 1.54) is 29.2 Å². The predicted octanol–water partition coefficient (Wildman–Crippen LogP) is 4.01. The monoisotopic (exact) mass is 353 g/mol. The number of halogens is 3. The van der Waals surface area contributed by atoms with Crippen molar-refractivity contribution in [1.29, 1.82) is 0 Å². The van der Waals surface area contributed by atoms with Crippen molar-refractivity contribution in [3.05, 3.63) is 65.6 Å². The number of alkyl halides is 2. The van der Waals surface area contributed by atoms with Crippen molar-refractivity contribution in [3.8, 4) is 0 Å². The Morgan fingerprint density at radius 3 is 2.40 bits per heavy atom. The van der Waals surface area contributed by atoms with Crippen LogP contribution in [0.5, 0.6) is 0 Å². The molecule has 0 aliphatic carbocycles. The molecule has 0 atom stereocenters. The minimum absolute atomic E-state index is 0. The Bertz CT molecular complexity index is 547. The van der Waals surface area contributed by atoms with Crippen molar-refractivity contribution in [2.45, 2.75) is 13.3 Å². The van der Waals surface area contributed by atoms with Crippen molar-refractivity contribution in [3.63, 3.8) is 0 Å². The Hall–Kier alpha value is -0.866. The molecule has 103 valence electrons. The Balaban J connectivity index is 0.00000200. The van der Waals surface area contributed by atoms with Gasteiger partial charge in [0.15, 0.2) is 0 Å². The van der Waals surface area contributed by atoms with Crippen LogP contribution in [-0.2, 0) is 32.7 Å². The van der Waals surface area contributed by atoms with Gasteiger partial charge < -0.3 is 4.90 Å². The molecule has 1 nitrogen and oxygen atoms in total. The maximum Gasteiger partial charge on any atom is 0.256 e. The van der Waals surface area contributed by atoms with E-state index in [0.29, 0.717) is 17.0 Å². The molecule has 1 radical (unpaired) electrons. The molecular formula is C15H13F3NY-. The van der Waals surface area contributed by atoms with Crippen molar-refractivity contribution < 1.29 is 45.9 Å². The molecule has 0 fully saturated rings. The number of hydrogen-bond acceptors (Lipinski definition) is 1. The van der Waals surface area contributed by atoms with Gasteiger partial charge in [0.05, 0.1) is 6.54 Å². The van der Waals surface area contributed by atoms with E-state index in [1.807, 2.05) is 0 Å². The second-order valence-corrected chi connectivity index (χ2v) is 4.28. The van der Waals surface area contributed by atoms with Gasteiger partial charge in [0.1, 0.15) is 5.82 Å². The largest absolute Gasteiger partial charge is 0.370 e. The molecule has 0 bridgehead atoms. The van der Waals surface area contributed by atoms with E-state index in [4.69, 9.17) is 0 Å². The first-order chi connectivity index (χ1) is 8.99. The van der Waals surface area contributed by atoms with Crippen LogP contribution < -0.4 is 0 Å². The molecule has 0 saturated heterocycles. The minimum atomic E-state index is -2.49. The fourth-order valence-electron chi connectivity index (χ4n) is 1.87. The molecule has 1 heterocycles. The first-order valence-corrected chi connectivity index (χ1v) is 5.80. The van der Waals surface area contributed by atoms with E-state index in [9.17, 15) is 13.2 Å². The van der Waals surface area contributed by atoms with Crippen molar-refractivity contribution >= 4 is 5.70 Å². The SMILES string of the molecule is C=C1C(C)=C[C-]=C(c2ccc(F)cc2)N1CC(F)F.[Y]. The molecule has 5 heteroatoms. The van der Waals surface area contributed by atoms with Crippen molar-refractivity contribution in [2.75, 3.05) is 6.54 Å². The van der Waals surface area contributed by atoms with E-state index < -0.39 is 13.0 Å². The number of allylic oxidation sites excluding steroid dienone is 3. The van der Waals surface area contributed by atoms with Crippen LogP contribution in [0.15, 0.2) is 48.2 Å². The Labute approximate surface area is 141 Å². The fourth-order valence-corrected chi connectivity index (χ4v) is 1.87. The smallest absolute Gasteiger partial charge is 0.256 e. The molecule has 1 aromatic rings. The third-order valence-electron chi connectivity index (χ3n) is 2.91. The van der Waals surface area contributed by atoms with Gasteiger partial charge in [0, 0.05) is 32.7 Å². The molecule has 1 aromatic carbocycles. The van der Waals surface area contributed by atoms with E-state index in [0.717, 1.165) is 5.57 Å². The Morgan fingerprint density at radius 1 is 1.25 bits per heavy atom. The standard InChI is InChI=1S/C15H13F3N.Y/c1-10-3-8-14(12-4-6-13(16)7-5-12)19(11(10)2)9-15(17)18;/h3-7,15H,2,9H2,1H3;/q-1;. The zero-order valence-corrected chi connectivity index (χ0v) is 13.9. The Morgan fingerprint density at radius 2 is 1.85 bits per heavy atom. The van der Waals surface area contributed by atoms with Crippen LogP contribution in [0.4, 0.5) is 13.2 Å². The Kier molecular flexibility index (Phi) is 6.21. The van der Waals surface area contributed by atoms with Gasteiger partial charge in [-0.1, -0.05) is 24.8 Å². The summed E-state index contributed by atoms with van der Waals surface area (Å²) in [4.78, 5) is 1.41. The van der Waals surface area contributed by atoms with Gasteiger partial charge >= 0.3 is 0 Å². The summed E-state index contributed by atoms with van der Waals surface area (Å²) in [6.07, 6.45) is 2.17. The number of benzene rings is 1. The van der Waals surface area contributed by atoms with Crippen LogP contribution in [0.2, 0.25) is 0 Å². The number of rotatable bonds is 3. The van der Waals surface area contributed by atoms with Gasteiger partial charge in [-0.25, -0.2) is 13.2 Å². The summed E-state index contributed by atoms with van der Waals surface area (Å²) in [7, 11) is 0. The van der Waals surface area contributed by atoms with Crippen LogP contribution in [0.1, 0.15) is 12.5 Å². The van der Waals surface area contributed by atoms with E-state index in [-0.39, 0.29) is 38.5 Å². The minimum Gasteiger partial charge on any atom is -0.370 e. The van der Waals surface area contributed by atoms with E-state index in [1.54, 1.807) is 13.0 Å².